The molecule has 5 rings (SSSR count). The number of aryl methyl sites for hydroxylation is 1. The van der Waals surface area contributed by atoms with Crippen LogP contribution in [0.2, 0.25) is 10.0 Å². The van der Waals surface area contributed by atoms with Crippen molar-refractivity contribution in [1.29, 1.82) is 0 Å². The normalized spacial score (nSPS) is 14.7. The summed E-state index contributed by atoms with van der Waals surface area (Å²) < 4.78 is 14.3. The molecule has 0 unspecified atom stereocenters. The van der Waals surface area contributed by atoms with Gasteiger partial charge in [-0.25, -0.2) is 9.78 Å². The molecule has 4 aromatic rings. The second kappa shape index (κ2) is 11.0. The molecule has 0 saturated carbocycles. The Morgan fingerprint density at radius 2 is 1.84 bits per heavy atom. The number of para-hydroxylation sites is 1. The zero-order chi connectivity index (χ0) is 25.9. The highest BCUT2D eigenvalue weighted by atomic mass is 35.5. The van der Waals surface area contributed by atoms with Crippen LogP contribution in [0, 0.1) is 0 Å². The molecule has 0 radical (unpaired) electrons. The largest absolute Gasteiger partial charge is 0.490 e. The first-order valence-electron chi connectivity index (χ1n) is 12.1. The number of carboxylic acids is 1. The summed E-state index contributed by atoms with van der Waals surface area (Å²) in [4.78, 5) is 18.4. The molecule has 1 aromatic heterocycles. The number of hydrogen-bond acceptors (Lipinski definition) is 5. The Labute approximate surface area is 225 Å². The molecule has 7 nitrogen and oxygen atoms in total. The molecule has 9 heteroatoms. The number of aromatic nitrogens is 2. The van der Waals surface area contributed by atoms with Gasteiger partial charge in [-0.2, -0.15) is 0 Å². The summed E-state index contributed by atoms with van der Waals surface area (Å²) in [5, 5.41) is 10.3. The van der Waals surface area contributed by atoms with Crippen molar-refractivity contribution >= 4 is 40.2 Å². The van der Waals surface area contributed by atoms with Crippen molar-refractivity contribution < 1.29 is 19.4 Å². The van der Waals surface area contributed by atoms with Crippen LogP contribution in [-0.2, 0) is 20.2 Å². The summed E-state index contributed by atoms with van der Waals surface area (Å²) in [7, 11) is 1.93. The van der Waals surface area contributed by atoms with E-state index in [1.165, 1.54) is 0 Å². The van der Waals surface area contributed by atoms with E-state index in [1.54, 1.807) is 36.4 Å². The zero-order valence-electron chi connectivity index (χ0n) is 20.4. The lowest BCUT2D eigenvalue weighted by atomic mass is 10.1. The lowest BCUT2D eigenvalue weighted by Crippen LogP contribution is -2.38. The van der Waals surface area contributed by atoms with Crippen molar-refractivity contribution in [3.05, 3.63) is 87.7 Å². The molecule has 1 N–H and O–H groups in total. The van der Waals surface area contributed by atoms with Crippen LogP contribution in [0.25, 0.3) is 11.0 Å². The average molecular weight is 540 g/mol. The monoisotopic (exact) mass is 539 g/mol. The summed E-state index contributed by atoms with van der Waals surface area (Å²) in [6.07, 6.45) is 1.89. The molecule has 1 aliphatic rings. The number of carboxylic acid groups (broad SMARTS) is 1. The lowest BCUT2D eigenvalue weighted by Gasteiger charge is -2.32. The molecule has 0 aliphatic carbocycles. The predicted octanol–water partition coefficient (Wildman–Crippen LogP) is 6.20. The minimum absolute atomic E-state index is 0.107. The van der Waals surface area contributed by atoms with E-state index >= 15 is 0 Å². The molecule has 1 fully saturated rings. The van der Waals surface area contributed by atoms with Crippen molar-refractivity contribution in [3.8, 4) is 11.5 Å². The topological polar surface area (TPSA) is 76.8 Å². The lowest BCUT2D eigenvalue weighted by molar-refractivity contribution is 0.0697. The van der Waals surface area contributed by atoms with Gasteiger partial charge < -0.3 is 19.1 Å². The molecule has 1 saturated heterocycles. The summed E-state index contributed by atoms with van der Waals surface area (Å²) in [5.41, 5.74) is 2.85. The summed E-state index contributed by atoms with van der Waals surface area (Å²) in [6, 6.07) is 18.1. The van der Waals surface area contributed by atoms with Gasteiger partial charge in [-0.3, -0.25) is 4.90 Å². The predicted molar refractivity (Wildman–Crippen MR) is 144 cm³/mol. The fourth-order valence-corrected chi connectivity index (χ4v) is 5.03. The van der Waals surface area contributed by atoms with Gasteiger partial charge in [0, 0.05) is 30.7 Å². The number of rotatable bonds is 8. The SMILES string of the molecule is Cn1c(CN2CCC(Oc3ccccc3COc3ccc(Cl)cc3Cl)CC2)nc2ccc(C(=O)O)cc21. The minimum atomic E-state index is -0.936. The van der Waals surface area contributed by atoms with Crippen LogP contribution in [0.3, 0.4) is 0 Å². The number of hydrogen-bond donors (Lipinski definition) is 1. The Balaban J connectivity index is 1.18. The van der Waals surface area contributed by atoms with Crippen molar-refractivity contribution in [2.75, 3.05) is 13.1 Å². The molecule has 0 amide bonds. The molecule has 1 aliphatic heterocycles. The van der Waals surface area contributed by atoms with Gasteiger partial charge in [-0.05, 0) is 55.3 Å². The standard InChI is InChI=1S/C28H27Cl2N3O4/c1-32-24-14-18(28(34)35)6-8-23(24)31-27(32)16-33-12-10-21(11-13-33)37-25-5-3-2-4-19(25)17-36-26-9-7-20(29)15-22(26)30/h2-9,14-15,21H,10-13,16-17H2,1H3,(H,34,35). The highest BCUT2D eigenvalue weighted by Gasteiger charge is 2.23. The van der Waals surface area contributed by atoms with E-state index in [0.29, 0.717) is 28.9 Å². The molecule has 37 heavy (non-hydrogen) atoms. The highest BCUT2D eigenvalue weighted by Crippen LogP contribution is 2.30. The first-order valence-corrected chi connectivity index (χ1v) is 12.9. The molecule has 0 spiro atoms. The molecule has 3 aromatic carbocycles. The van der Waals surface area contributed by atoms with E-state index in [4.69, 9.17) is 37.7 Å². The van der Waals surface area contributed by atoms with Crippen LogP contribution >= 0.6 is 23.2 Å². The Hall–Kier alpha value is -3.26. The van der Waals surface area contributed by atoms with Gasteiger partial charge in [0.05, 0.1) is 28.2 Å². The minimum Gasteiger partial charge on any atom is -0.490 e. The number of piperidine rings is 1. The third-order valence-electron chi connectivity index (χ3n) is 6.66. The van der Waals surface area contributed by atoms with Gasteiger partial charge in [0.1, 0.15) is 30.0 Å². The number of halogens is 2. The molecule has 192 valence electrons. The Kier molecular flexibility index (Phi) is 7.55. The number of likely N-dealkylation sites (tertiary alicyclic amines) is 1. The number of ether oxygens (including phenoxy) is 2. The number of imidazole rings is 1. The van der Waals surface area contributed by atoms with E-state index < -0.39 is 5.97 Å². The number of nitrogens with zero attached hydrogens (tertiary/aromatic N) is 3. The quantitative estimate of drug-likeness (QED) is 0.287. The second-order valence-corrected chi connectivity index (χ2v) is 10.0. The Morgan fingerprint density at radius 1 is 1.05 bits per heavy atom. The molecule has 2 heterocycles. The fourth-order valence-electron chi connectivity index (χ4n) is 4.56. The van der Waals surface area contributed by atoms with Gasteiger partial charge >= 0.3 is 5.97 Å². The molecule has 0 bridgehead atoms. The Morgan fingerprint density at radius 3 is 2.59 bits per heavy atom. The fraction of sp³-hybridized carbons (Fsp3) is 0.286. The van der Waals surface area contributed by atoms with Crippen LogP contribution in [-0.4, -0.2) is 44.7 Å². The number of benzene rings is 3. The molecular weight excluding hydrogens is 513 g/mol. The van der Waals surface area contributed by atoms with Crippen LogP contribution in [0.15, 0.2) is 60.7 Å². The zero-order valence-corrected chi connectivity index (χ0v) is 21.9. The number of carbonyl (C=O) groups is 1. The third kappa shape index (κ3) is 5.85. The van der Waals surface area contributed by atoms with Crippen LogP contribution in [0.1, 0.15) is 34.6 Å². The van der Waals surface area contributed by atoms with Crippen LogP contribution in [0.4, 0.5) is 0 Å². The Bertz CT molecular complexity index is 1430. The van der Waals surface area contributed by atoms with Crippen molar-refractivity contribution in [2.24, 2.45) is 7.05 Å². The highest BCUT2D eigenvalue weighted by molar-refractivity contribution is 6.35. The third-order valence-corrected chi connectivity index (χ3v) is 7.19. The van der Waals surface area contributed by atoms with Crippen LogP contribution < -0.4 is 9.47 Å². The van der Waals surface area contributed by atoms with Crippen LogP contribution in [0.5, 0.6) is 11.5 Å². The first kappa shape index (κ1) is 25.4. The maximum Gasteiger partial charge on any atom is 0.335 e. The van der Waals surface area contributed by atoms with Gasteiger partial charge in [0.15, 0.2) is 0 Å². The van der Waals surface area contributed by atoms with Gasteiger partial charge in [-0.1, -0.05) is 41.4 Å². The average Bonchev–Trinajstić information content (AvgIpc) is 3.20. The smallest absolute Gasteiger partial charge is 0.335 e. The van der Waals surface area contributed by atoms with Crippen molar-refractivity contribution in [2.45, 2.75) is 32.1 Å². The second-order valence-electron chi connectivity index (χ2n) is 9.16. The van der Waals surface area contributed by atoms with E-state index in [1.807, 2.05) is 35.9 Å². The maximum absolute atomic E-state index is 11.3. The van der Waals surface area contributed by atoms with E-state index in [2.05, 4.69) is 4.90 Å². The summed E-state index contributed by atoms with van der Waals surface area (Å²) >= 11 is 12.2. The van der Waals surface area contributed by atoms with Crippen molar-refractivity contribution in [3.63, 3.8) is 0 Å². The summed E-state index contributed by atoms with van der Waals surface area (Å²) in [5.74, 6) is 1.37. The number of fused-ring (bicyclic) bond motifs is 1. The van der Waals surface area contributed by atoms with Gasteiger partial charge in [-0.15, -0.1) is 0 Å². The van der Waals surface area contributed by atoms with Gasteiger partial charge in [0.25, 0.3) is 0 Å². The maximum atomic E-state index is 11.3. The van der Waals surface area contributed by atoms with Crippen molar-refractivity contribution in [1.82, 2.24) is 14.5 Å². The summed E-state index contributed by atoms with van der Waals surface area (Å²) in [6.45, 7) is 2.81. The first-order chi connectivity index (χ1) is 17.9. The molecular formula is C28H27Cl2N3O4. The van der Waals surface area contributed by atoms with E-state index in [9.17, 15) is 9.90 Å². The van der Waals surface area contributed by atoms with Gasteiger partial charge in [0.2, 0.25) is 0 Å². The van der Waals surface area contributed by atoms with E-state index in [-0.39, 0.29) is 11.7 Å². The van der Waals surface area contributed by atoms with E-state index in [0.717, 1.165) is 54.1 Å². The molecule has 0 atom stereocenters. The number of aromatic carboxylic acids is 1.